The Hall–Kier alpha value is -0.330. The Kier molecular flexibility index (Phi) is 2.01. The van der Waals surface area contributed by atoms with Crippen molar-refractivity contribution in [2.75, 3.05) is 0 Å². The van der Waals surface area contributed by atoms with Crippen LogP contribution in [0.5, 0.6) is 0 Å². The normalized spacial score (nSPS) is 29.7. The quantitative estimate of drug-likeness (QED) is 0.637. The molecule has 0 aromatic rings. The van der Waals surface area contributed by atoms with Crippen molar-refractivity contribution in [2.45, 2.75) is 58.8 Å². The molecule has 0 spiro atoms. The van der Waals surface area contributed by atoms with Crippen molar-refractivity contribution >= 4 is 5.78 Å². The highest BCUT2D eigenvalue weighted by Crippen LogP contribution is 2.64. The van der Waals surface area contributed by atoms with E-state index in [9.17, 15) is 4.79 Å². The van der Waals surface area contributed by atoms with E-state index in [-0.39, 0.29) is 5.41 Å². The molecular formula is C12H20O. The zero-order valence-electron chi connectivity index (χ0n) is 8.86. The Morgan fingerprint density at radius 2 is 1.54 bits per heavy atom. The second-order valence-corrected chi connectivity index (χ2v) is 5.26. The van der Waals surface area contributed by atoms with E-state index in [1.807, 2.05) is 0 Å². The van der Waals surface area contributed by atoms with Crippen LogP contribution in [0.3, 0.4) is 0 Å². The zero-order valence-corrected chi connectivity index (χ0v) is 8.86. The third-order valence-corrected chi connectivity index (χ3v) is 4.54. The van der Waals surface area contributed by atoms with Gasteiger partial charge in [-0.25, -0.2) is 0 Å². The van der Waals surface area contributed by atoms with Gasteiger partial charge in [0.25, 0.3) is 0 Å². The van der Waals surface area contributed by atoms with Crippen LogP contribution in [-0.2, 0) is 4.79 Å². The van der Waals surface area contributed by atoms with Crippen LogP contribution in [0.1, 0.15) is 58.8 Å². The van der Waals surface area contributed by atoms with Crippen molar-refractivity contribution in [3.05, 3.63) is 0 Å². The van der Waals surface area contributed by atoms with E-state index < -0.39 is 0 Å². The first-order valence-corrected chi connectivity index (χ1v) is 5.62. The van der Waals surface area contributed by atoms with Gasteiger partial charge >= 0.3 is 0 Å². The summed E-state index contributed by atoms with van der Waals surface area (Å²) >= 11 is 0. The molecule has 0 N–H and O–H groups in total. The van der Waals surface area contributed by atoms with Crippen LogP contribution in [0.2, 0.25) is 0 Å². The molecule has 74 valence electrons. The summed E-state index contributed by atoms with van der Waals surface area (Å²) in [5, 5.41) is 0. The van der Waals surface area contributed by atoms with Gasteiger partial charge in [-0.2, -0.15) is 0 Å². The molecule has 0 atom stereocenters. The van der Waals surface area contributed by atoms with E-state index in [0.29, 0.717) is 11.2 Å². The molecule has 0 radical (unpaired) electrons. The van der Waals surface area contributed by atoms with E-state index >= 15 is 0 Å². The summed E-state index contributed by atoms with van der Waals surface area (Å²) in [6.45, 7) is 4.15. The highest BCUT2D eigenvalue weighted by atomic mass is 16.1. The van der Waals surface area contributed by atoms with E-state index in [1.165, 1.54) is 44.9 Å². The Morgan fingerprint density at radius 3 is 1.92 bits per heavy atom. The largest absolute Gasteiger partial charge is 0.299 e. The van der Waals surface area contributed by atoms with Gasteiger partial charge in [0.15, 0.2) is 0 Å². The van der Waals surface area contributed by atoms with Gasteiger partial charge in [0.05, 0.1) is 0 Å². The first-order valence-electron chi connectivity index (χ1n) is 5.62. The van der Waals surface area contributed by atoms with Gasteiger partial charge in [0.1, 0.15) is 5.78 Å². The van der Waals surface area contributed by atoms with E-state index in [2.05, 4.69) is 6.92 Å². The van der Waals surface area contributed by atoms with Crippen LogP contribution in [0, 0.1) is 10.8 Å². The molecule has 0 saturated heterocycles. The molecule has 0 amide bonds. The molecule has 2 aliphatic carbocycles. The molecule has 2 rings (SSSR count). The molecule has 1 heteroatoms. The molecule has 1 nitrogen and oxygen atoms in total. The average Bonchev–Trinajstić information content (AvgIpc) is 2.85. The SMILES string of the molecule is CC(=O)C1(C2(C)CCCCC2)CC1. The molecule has 0 bridgehead atoms. The van der Waals surface area contributed by atoms with Gasteiger partial charge in [-0.05, 0) is 38.0 Å². The number of ketones is 1. The lowest BCUT2D eigenvalue weighted by molar-refractivity contribution is -0.127. The fourth-order valence-electron chi connectivity index (χ4n) is 3.32. The first kappa shape index (κ1) is 9.23. The Bertz CT molecular complexity index is 219. The maximum Gasteiger partial charge on any atom is 0.136 e. The minimum Gasteiger partial charge on any atom is -0.299 e. The standard InChI is InChI=1S/C12H20O/c1-10(13)12(8-9-12)11(2)6-4-3-5-7-11/h3-9H2,1-2H3. The number of rotatable bonds is 2. The monoisotopic (exact) mass is 180 g/mol. The van der Waals surface area contributed by atoms with Crippen LogP contribution < -0.4 is 0 Å². The maximum absolute atomic E-state index is 11.6. The lowest BCUT2D eigenvalue weighted by atomic mass is 9.64. The van der Waals surface area contributed by atoms with Crippen molar-refractivity contribution in [2.24, 2.45) is 10.8 Å². The van der Waals surface area contributed by atoms with Crippen molar-refractivity contribution in [3.8, 4) is 0 Å². The van der Waals surface area contributed by atoms with Crippen molar-refractivity contribution in [1.29, 1.82) is 0 Å². The van der Waals surface area contributed by atoms with Crippen LogP contribution in [0.4, 0.5) is 0 Å². The van der Waals surface area contributed by atoms with Gasteiger partial charge in [0.2, 0.25) is 0 Å². The Morgan fingerprint density at radius 1 is 1.00 bits per heavy atom. The van der Waals surface area contributed by atoms with Gasteiger partial charge in [-0.3, -0.25) is 4.79 Å². The highest BCUT2D eigenvalue weighted by Gasteiger charge is 2.59. The third-order valence-electron chi connectivity index (χ3n) is 4.54. The molecule has 0 aromatic carbocycles. The first-order chi connectivity index (χ1) is 6.11. The van der Waals surface area contributed by atoms with Gasteiger partial charge in [-0.15, -0.1) is 0 Å². The van der Waals surface area contributed by atoms with E-state index in [4.69, 9.17) is 0 Å². The van der Waals surface area contributed by atoms with Crippen molar-refractivity contribution in [3.63, 3.8) is 0 Å². The van der Waals surface area contributed by atoms with Gasteiger partial charge in [0, 0.05) is 5.41 Å². The minimum absolute atomic E-state index is 0.118. The van der Waals surface area contributed by atoms with Crippen molar-refractivity contribution in [1.82, 2.24) is 0 Å². The number of carbonyl (C=O) groups is 1. The van der Waals surface area contributed by atoms with E-state index in [1.54, 1.807) is 6.92 Å². The van der Waals surface area contributed by atoms with Crippen LogP contribution in [0.15, 0.2) is 0 Å². The molecule has 0 unspecified atom stereocenters. The maximum atomic E-state index is 11.6. The van der Waals surface area contributed by atoms with Crippen LogP contribution in [-0.4, -0.2) is 5.78 Å². The predicted octanol–water partition coefficient (Wildman–Crippen LogP) is 3.33. The third kappa shape index (κ3) is 1.24. The number of hydrogen-bond donors (Lipinski definition) is 0. The van der Waals surface area contributed by atoms with Gasteiger partial charge < -0.3 is 0 Å². The Labute approximate surface area is 80.9 Å². The lowest BCUT2D eigenvalue weighted by Crippen LogP contribution is -2.36. The number of Topliss-reactive ketones (excluding diaryl/α,β-unsaturated/α-hetero) is 1. The molecule has 2 fully saturated rings. The van der Waals surface area contributed by atoms with Crippen molar-refractivity contribution < 1.29 is 4.79 Å². The summed E-state index contributed by atoms with van der Waals surface area (Å²) in [5.41, 5.74) is 0.477. The summed E-state index contributed by atoms with van der Waals surface area (Å²) in [6, 6.07) is 0. The summed E-state index contributed by atoms with van der Waals surface area (Å²) < 4.78 is 0. The number of hydrogen-bond acceptors (Lipinski definition) is 1. The zero-order chi connectivity index (χ0) is 9.53. The second kappa shape index (κ2) is 2.83. The molecule has 0 aromatic heterocycles. The Balaban J connectivity index is 2.17. The summed E-state index contributed by atoms with van der Waals surface area (Å²) in [5.74, 6) is 0.455. The fourth-order valence-corrected chi connectivity index (χ4v) is 3.32. The lowest BCUT2D eigenvalue weighted by Gasteiger charge is -2.40. The average molecular weight is 180 g/mol. The summed E-state index contributed by atoms with van der Waals surface area (Å²) in [4.78, 5) is 11.6. The number of carbonyl (C=O) groups excluding carboxylic acids is 1. The topological polar surface area (TPSA) is 17.1 Å². The summed E-state index contributed by atoms with van der Waals surface area (Å²) in [7, 11) is 0. The molecule has 0 heterocycles. The fraction of sp³-hybridized carbons (Fsp3) is 0.917. The van der Waals surface area contributed by atoms with Gasteiger partial charge in [-0.1, -0.05) is 26.2 Å². The van der Waals surface area contributed by atoms with Crippen LogP contribution >= 0.6 is 0 Å². The summed E-state index contributed by atoms with van der Waals surface area (Å²) in [6.07, 6.45) is 8.96. The molecule has 2 aliphatic rings. The van der Waals surface area contributed by atoms with E-state index in [0.717, 1.165) is 0 Å². The predicted molar refractivity (Wildman–Crippen MR) is 53.5 cm³/mol. The minimum atomic E-state index is 0.118. The molecule has 2 saturated carbocycles. The smallest absolute Gasteiger partial charge is 0.136 e. The second-order valence-electron chi connectivity index (χ2n) is 5.26. The molecule has 0 aliphatic heterocycles. The van der Waals surface area contributed by atoms with Crippen LogP contribution in [0.25, 0.3) is 0 Å². The highest BCUT2D eigenvalue weighted by molar-refractivity contribution is 5.86. The molecular weight excluding hydrogens is 160 g/mol. The molecule has 13 heavy (non-hydrogen) atoms.